The van der Waals surface area contributed by atoms with Crippen molar-refractivity contribution in [3.63, 3.8) is 0 Å². The van der Waals surface area contributed by atoms with Crippen LogP contribution in [0.15, 0.2) is 85.3 Å². The van der Waals surface area contributed by atoms with E-state index in [-0.39, 0.29) is 5.91 Å². The average molecular weight is 368 g/mol. The number of nitrogens with zero attached hydrogens (tertiary/aromatic N) is 2. The van der Waals surface area contributed by atoms with Gasteiger partial charge in [0.05, 0.1) is 22.5 Å². The first-order valence-corrected chi connectivity index (χ1v) is 9.17. The molecule has 138 valence electrons. The molecule has 28 heavy (non-hydrogen) atoms. The molecule has 0 aliphatic heterocycles. The second kappa shape index (κ2) is 8.31. The standard InChI is InChI=1S/C23H20N4O/c28-23(27-21-10-4-8-18-9-5-12-26-22(18)21)19-14-20(16-24-15-19)25-13-11-17-6-2-1-3-7-17/h1-10,12,14-16,25H,11,13H2,(H,27,28). The van der Waals surface area contributed by atoms with Gasteiger partial charge in [-0.2, -0.15) is 0 Å². The van der Waals surface area contributed by atoms with Crippen LogP contribution in [0, 0.1) is 0 Å². The third kappa shape index (κ3) is 4.15. The molecule has 0 saturated carbocycles. The number of rotatable bonds is 6. The minimum absolute atomic E-state index is 0.211. The van der Waals surface area contributed by atoms with Crippen LogP contribution in [0.25, 0.3) is 10.9 Å². The van der Waals surface area contributed by atoms with Gasteiger partial charge in [0.1, 0.15) is 0 Å². The quantitative estimate of drug-likeness (QED) is 0.524. The van der Waals surface area contributed by atoms with Crippen LogP contribution in [-0.2, 0) is 6.42 Å². The normalized spacial score (nSPS) is 10.6. The second-order valence-electron chi connectivity index (χ2n) is 6.46. The molecule has 0 aliphatic carbocycles. The van der Waals surface area contributed by atoms with Gasteiger partial charge >= 0.3 is 0 Å². The second-order valence-corrected chi connectivity index (χ2v) is 6.46. The minimum Gasteiger partial charge on any atom is -0.383 e. The first-order valence-electron chi connectivity index (χ1n) is 9.17. The molecule has 0 radical (unpaired) electrons. The van der Waals surface area contributed by atoms with Crippen molar-refractivity contribution in [2.45, 2.75) is 6.42 Å². The number of hydrogen-bond acceptors (Lipinski definition) is 4. The molecule has 5 nitrogen and oxygen atoms in total. The number of nitrogens with one attached hydrogen (secondary N) is 2. The third-order valence-corrected chi connectivity index (χ3v) is 4.47. The van der Waals surface area contributed by atoms with Crippen LogP contribution in [0.1, 0.15) is 15.9 Å². The lowest BCUT2D eigenvalue weighted by atomic mass is 10.1. The van der Waals surface area contributed by atoms with E-state index in [9.17, 15) is 4.79 Å². The van der Waals surface area contributed by atoms with E-state index in [1.807, 2.05) is 54.6 Å². The number of para-hydroxylation sites is 1. The predicted octanol–water partition coefficient (Wildman–Crippen LogP) is 4.54. The number of carbonyl (C=O) groups excluding carboxylic acids is 1. The van der Waals surface area contributed by atoms with Crippen molar-refractivity contribution in [2.24, 2.45) is 0 Å². The molecule has 0 atom stereocenters. The summed E-state index contributed by atoms with van der Waals surface area (Å²) in [6.07, 6.45) is 5.91. The van der Waals surface area contributed by atoms with E-state index in [0.29, 0.717) is 11.3 Å². The molecular formula is C23H20N4O. The highest BCUT2D eigenvalue weighted by Crippen LogP contribution is 2.21. The zero-order valence-corrected chi connectivity index (χ0v) is 15.3. The first kappa shape index (κ1) is 17.7. The molecule has 1 amide bonds. The Bertz CT molecular complexity index is 1090. The highest BCUT2D eigenvalue weighted by Gasteiger charge is 2.10. The molecule has 2 heterocycles. The maximum atomic E-state index is 12.7. The summed E-state index contributed by atoms with van der Waals surface area (Å²) in [6.45, 7) is 0.768. The summed E-state index contributed by atoms with van der Waals surface area (Å²) in [5.41, 5.74) is 4.03. The summed E-state index contributed by atoms with van der Waals surface area (Å²) < 4.78 is 0. The van der Waals surface area contributed by atoms with Crippen LogP contribution in [0.2, 0.25) is 0 Å². The third-order valence-electron chi connectivity index (χ3n) is 4.47. The van der Waals surface area contributed by atoms with Crippen LogP contribution in [0.3, 0.4) is 0 Å². The largest absolute Gasteiger partial charge is 0.383 e. The Kier molecular flexibility index (Phi) is 5.24. The molecule has 0 unspecified atom stereocenters. The van der Waals surface area contributed by atoms with E-state index in [1.165, 1.54) is 5.56 Å². The van der Waals surface area contributed by atoms with Crippen molar-refractivity contribution < 1.29 is 4.79 Å². The Balaban J connectivity index is 1.44. The summed E-state index contributed by atoms with van der Waals surface area (Å²) in [7, 11) is 0. The Morgan fingerprint density at radius 2 is 1.79 bits per heavy atom. The maximum absolute atomic E-state index is 12.7. The highest BCUT2D eigenvalue weighted by atomic mass is 16.1. The van der Waals surface area contributed by atoms with Crippen molar-refractivity contribution in [3.8, 4) is 0 Å². The molecule has 4 aromatic rings. The Morgan fingerprint density at radius 1 is 0.929 bits per heavy atom. The molecule has 0 fully saturated rings. The number of amides is 1. The molecule has 0 spiro atoms. The lowest BCUT2D eigenvalue weighted by molar-refractivity contribution is 0.102. The molecular weight excluding hydrogens is 348 g/mol. The molecule has 0 aliphatic rings. The van der Waals surface area contributed by atoms with Gasteiger partial charge in [0, 0.05) is 30.5 Å². The minimum atomic E-state index is -0.211. The Hall–Kier alpha value is -3.73. The zero-order valence-electron chi connectivity index (χ0n) is 15.3. The fourth-order valence-corrected chi connectivity index (χ4v) is 3.06. The van der Waals surface area contributed by atoms with Gasteiger partial charge in [0.25, 0.3) is 5.91 Å². The summed E-state index contributed by atoms with van der Waals surface area (Å²) in [4.78, 5) is 21.3. The van der Waals surface area contributed by atoms with Crippen molar-refractivity contribution in [3.05, 3.63) is 96.4 Å². The van der Waals surface area contributed by atoms with Crippen LogP contribution in [0.5, 0.6) is 0 Å². The zero-order chi connectivity index (χ0) is 19.2. The molecule has 0 saturated heterocycles. The Labute approximate surface area is 163 Å². The first-order chi connectivity index (χ1) is 13.8. The molecule has 4 rings (SSSR count). The fourth-order valence-electron chi connectivity index (χ4n) is 3.06. The summed E-state index contributed by atoms with van der Waals surface area (Å²) in [6, 6.07) is 21.6. The van der Waals surface area contributed by atoms with Crippen LogP contribution in [-0.4, -0.2) is 22.4 Å². The summed E-state index contributed by atoms with van der Waals surface area (Å²) >= 11 is 0. The van der Waals surface area contributed by atoms with E-state index >= 15 is 0 Å². The SMILES string of the molecule is O=C(Nc1cccc2cccnc12)c1cncc(NCCc2ccccc2)c1. The molecule has 2 aromatic carbocycles. The number of fused-ring (bicyclic) bond motifs is 1. The lowest BCUT2D eigenvalue weighted by Gasteiger charge is -2.10. The number of anilines is 2. The molecule has 2 N–H and O–H groups in total. The van der Waals surface area contributed by atoms with Gasteiger partial charge in [-0.25, -0.2) is 0 Å². The van der Waals surface area contributed by atoms with E-state index < -0.39 is 0 Å². The number of pyridine rings is 2. The van der Waals surface area contributed by atoms with Gasteiger partial charge in [-0.05, 0) is 30.2 Å². The summed E-state index contributed by atoms with van der Waals surface area (Å²) in [5.74, 6) is -0.211. The van der Waals surface area contributed by atoms with E-state index in [4.69, 9.17) is 0 Å². The maximum Gasteiger partial charge on any atom is 0.257 e. The van der Waals surface area contributed by atoms with Gasteiger partial charge in [-0.15, -0.1) is 0 Å². The molecule has 5 heteroatoms. The van der Waals surface area contributed by atoms with E-state index in [2.05, 4.69) is 32.7 Å². The molecule has 0 bridgehead atoms. The number of benzene rings is 2. The topological polar surface area (TPSA) is 66.9 Å². The van der Waals surface area contributed by atoms with Gasteiger partial charge in [0.15, 0.2) is 0 Å². The number of aromatic nitrogens is 2. The predicted molar refractivity (Wildman–Crippen MR) is 113 cm³/mol. The van der Waals surface area contributed by atoms with Gasteiger partial charge in [0.2, 0.25) is 0 Å². The van der Waals surface area contributed by atoms with Crippen LogP contribution >= 0.6 is 0 Å². The Morgan fingerprint density at radius 3 is 2.68 bits per heavy atom. The highest BCUT2D eigenvalue weighted by molar-refractivity contribution is 6.08. The number of carbonyl (C=O) groups is 1. The van der Waals surface area contributed by atoms with Crippen molar-refractivity contribution in [2.75, 3.05) is 17.2 Å². The van der Waals surface area contributed by atoms with Crippen LogP contribution < -0.4 is 10.6 Å². The smallest absolute Gasteiger partial charge is 0.257 e. The number of hydrogen-bond donors (Lipinski definition) is 2. The van der Waals surface area contributed by atoms with E-state index in [1.54, 1.807) is 18.6 Å². The van der Waals surface area contributed by atoms with Gasteiger partial charge < -0.3 is 10.6 Å². The molecule has 2 aromatic heterocycles. The van der Waals surface area contributed by atoms with Crippen molar-refractivity contribution in [1.82, 2.24) is 9.97 Å². The lowest BCUT2D eigenvalue weighted by Crippen LogP contribution is -2.13. The van der Waals surface area contributed by atoms with Crippen molar-refractivity contribution >= 4 is 28.2 Å². The van der Waals surface area contributed by atoms with Crippen molar-refractivity contribution in [1.29, 1.82) is 0 Å². The van der Waals surface area contributed by atoms with Crippen LogP contribution in [0.4, 0.5) is 11.4 Å². The van der Waals surface area contributed by atoms with Gasteiger partial charge in [-0.3, -0.25) is 14.8 Å². The average Bonchev–Trinajstić information content (AvgIpc) is 2.75. The van der Waals surface area contributed by atoms with E-state index in [0.717, 1.165) is 29.6 Å². The van der Waals surface area contributed by atoms with Gasteiger partial charge in [-0.1, -0.05) is 48.5 Å². The monoisotopic (exact) mass is 368 g/mol. The fraction of sp³-hybridized carbons (Fsp3) is 0.0870. The summed E-state index contributed by atoms with van der Waals surface area (Å²) in [5, 5.41) is 7.25.